The number of benzene rings is 1. The highest BCUT2D eigenvalue weighted by Gasteiger charge is 2.16. The molecule has 2 heterocycles. The lowest BCUT2D eigenvalue weighted by molar-refractivity contribution is 0.0697. The van der Waals surface area contributed by atoms with Gasteiger partial charge in [-0.2, -0.15) is 4.98 Å². The molecule has 0 amide bonds. The van der Waals surface area contributed by atoms with Gasteiger partial charge in [-0.15, -0.1) is 11.3 Å². The first-order chi connectivity index (χ1) is 10.0. The molecule has 1 aromatic carbocycles. The number of hydrogen-bond acceptors (Lipinski definition) is 5. The summed E-state index contributed by atoms with van der Waals surface area (Å²) in [4.78, 5) is 15.1. The van der Waals surface area contributed by atoms with Crippen LogP contribution in [0.1, 0.15) is 10.4 Å². The number of hydrogen-bond donors (Lipinski definition) is 1. The van der Waals surface area contributed by atoms with Gasteiger partial charge in [0.1, 0.15) is 0 Å². The van der Waals surface area contributed by atoms with E-state index in [1.54, 1.807) is 12.1 Å². The fourth-order valence-electron chi connectivity index (χ4n) is 1.70. The van der Waals surface area contributed by atoms with E-state index in [2.05, 4.69) is 42.0 Å². The molecule has 3 aromatic rings. The van der Waals surface area contributed by atoms with Gasteiger partial charge in [0.25, 0.3) is 5.89 Å². The number of halogens is 2. The van der Waals surface area contributed by atoms with E-state index in [1.807, 2.05) is 6.07 Å². The van der Waals surface area contributed by atoms with Gasteiger partial charge < -0.3 is 9.63 Å². The molecule has 0 radical (unpaired) electrons. The van der Waals surface area contributed by atoms with Crippen LogP contribution >= 0.6 is 43.2 Å². The van der Waals surface area contributed by atoms with E-state index >= 15 is 0 Å². The van der Waals surface area contributed by atoms with Crippen molar-refractivity contribution < 1.29 is 14.4 Å². The van der Waals surface area contributed by atoms with Crippen LogP contribution in [0.25, 0.3) is 22.8 Å². The van der Waals surface area contributed by atoms with Crippen molar-refractivity contribution in [2.45, 2.75) is 0 Å². The topological polar surface area (TPSA) is 76.2 Å². The van der Waals surface area contributed by atoms with Crippen molar-refractivity contribution in [2.75, 3.05) is 0 Å². The summed E-state index contributed by atoms with van der Waals surface area (Å²) >= 11 is 8.35. The molecule has 0 unspecified atom stereocenters. The van der Waals surface area contributed by atoms with E-state index in [4.69, 9.17) is 9.63 Å². The number of thiophene rings is 1. The van der Waals surface area contributed by atoms with Crippen LogP contribution in [0.2, 0.25) is 0 Å². The van der Waals surface area contributed by atoms with E-state index in [9.17, 15) is 4.79 Å². The Morgan fingerprint density at radius 1 is 1.24 bits per heavy atom. The van der Waals surface area contributed by atoms with Gasteiger partial charge >= 0.3 is 5.97 Å². The molecule has 0 spiro atoms. The van der Waals surface area contributed by atoms with Crippen molar-refractivity contribution in [3.8, 4) is 22.8 Å². The largest absolute Gasteiger partial charge is 0.478 e. The van der Waals surface area contributed by atoms with E-state index in [0.717, 1.165) is 13.1 Å². The summed E-state index contributed by atoms with van der Waals surface area (Å²) < 4.78 is 7.10. The molecular formula is C13H6Br2N2O3S. The van der Waals surface area contributed by atoms with Crippen molar-refractivity contribution in [2.24, 2.45) is 0 Å². The summed E-state index contributed by atoms with van der Waals surface area (Å²) in [7, 11) is 0. The summed E-state index contributed by atoms with van der Waals surface area (Å²) in [5.41, 5.74) is 1.72. The Balaban J connectivity index is 1.94. The molecule has 0 saturated carbocycles. The van der Waals surface area contributed by atoms with E-state index < -0.39 is 5.97 Å². The normalized spacial score (nSPS) is 10.8. The first-order valence-electron chi connectivity index (χ1n) is 5.67. The zero-order chi connectivity index (χ0) is 15.0. The van der Waals surface area contributed by atoms with E-state index in [0.29, 0.717) is 17.3 Å². The van der Waals surface area contributed by atoms with Crippen LogP contribution in [0, 0.1) is 0 Å². The van der Waals surface area contributed by atoms with E-state index in [1.165, 1.54) is 23.5 Å². The molecule has 106 valence electrons. The van der Waals surface area contributed by atoms with Gasteiger partial charge in [0.2, 0.25) is 5.82 Å². The van der Waals surface area contributed by atoms with Crippen molar-refractivity contribution in [1.29, 1.82) is 0 Å². The van der Waals surface area contributed by atoms with Crippen molar-refractivity contribution in [3.63, 3.8) is 0 Å². The van der Waals surface area contributed by atoms with Gasteiger partial charge in [0.15, 0.2) is 0 Å². The second-order valence-corrected chi connectivity index (χ2v) is 7.79. The summed E-state index contributed by atoms with van der Waals surface area (Å²) in [5.74, 6) is -0.153. The summed E-state index contributed by atoms with van der Waals surface area (Å²) in [6.45, 7) is 0. The predicted octanol–water partition coefficient (Wildman–Crippen LogP) is 4.69. The number of carboxylic acids is 1. The van der Waals surface area contributed by atoms with Gasteiger partial charge in [0, 0.05) is 5.56 Å². The van der Waals surface area contributed by atoms with Gasteiger partial charge in [0.05, 0.1) is 18.7 Å². The average Bonchev–Trinajstić information content (AvgIpc) is 3.05. The van der Waals surface area contributed by atoms with Crippen molar-refractivity contribution in [1.82, 2.24) is 10.1 Å². The molecule has 5 nitrogen and oxygen atoms in total. The summed E-state index contributed by atoms with van der Waals surface area (Å²) in [6, 6.07) is 8.20. The van der Waals surface area contributed by atoms with Crippen LogP contribution < -0.4 is 0 Å². The quantitative estimate of drug-likeness (QED) is 0.653. The Morgan fingerprint density at radius 2 is 1.95 bits per heavy atom. The molecule has 0 aliphatic rings. The van der Waals surface area contributed by atoms with Crippen LogP contribution in [-0.4, -0.2) is 21.2 Å². The molecule has 0 aliphatic carbocycles. The Kier molecular flexibility index (Phi) is 3.92. The molecule has 3 rings (SSSR count). The Bertz CT molecular complexity index is 811. The van der Waals surface area contributed by atoms with Crippen LogP contribution in [0.5, 0.6) is 0 Å². The molecule has 2 aromatic heterocycles. The molecule has 0 fully saturated rings. The third kappa shape index (κ3) is 2.92. The maximum atomic E-state index is 10.8. The smallest absolute Gasteiger partial charge is 0.335 e. The average molecular weight is 430 g/mol. The third-order valence-corrected chi connectivity index (χ3v) is 5.04. The molecule has 0 aliphatic heterocycles. The lowest BCUT2D eigenvalue weighted by Gasteiger charge is -1.95. The number of carbonyl (C=O) groups is 1. The van der Waals surface area contributed by atoms with Crippen molar-refractivity contribution >= 4 is 49.2 Å². The minimum absolute atomic E-state index is 0.215. The number of carboxylic acid groups (broad SMARTS) is 1. The lowest BCUT2D eigenvalue weighted by atomic mass is 10.1. The molecule has 0 saturated heterocycles. The van der Waals surface area contributed by atoms with Crippen LogP contribution in [-0.2, 0) is 0 Å². The minimum atomic E-state index is -0.970. The lowest BCUT2D eigenvalue weighted by Crippen LogP contribution is -1.95. The SMILES string of the molecule is O=C(O)c1ccc(-c2noc(-c3cc(Br)sc3Br)n2)cc1. The van der Waals surface area contributed by atoms with Crippen molar-refractivity contribution in [3.05, 3.63) is 43.5 Å². The molecule has 21 heavy (non-hydrogen) atoms. The Hall–Kier alpha value is -1.51. The maximum Gasteiger partial charge on any atom is 0.335 e. The van der Waals surface area contributed by atoms with Gasteiger partial charge in [-0.3, -0.25) is 0 Å². The standard InChI is InChI=1S/C13H6Br2N2O3S/c14-9-5-8(10(15)21-9)12-16-11(17-20-12)6-1-3-7(4-2-6)13(18)19/h1-5H,(H,18,19). The highest BCUT2D eigenvalue weighted by atomic mass is 79.9. The molecule has 0 bridgehead atoms. The molecule has 8 heteroatoms. The van der Waals surface area contributed by atoms with Gasteiger partial charge in [-0.1, -0.05) is 17.3 Å². The van der Waals surface area contributed by atoms with E-state index in [-0.39, 0.29) is 5.56 Å². The molecule has 0 atom stereocenters. The van der Waals surface area contributed by atoms with Gasteiger partial charge in [-0.05, 0) is 50.1 Å². The number of aromatic carboxylic acids is 1. The Morgan fingerprint density at radius 3 is 2.52 bits per heavy atom. The molecular weight excluding hydrogens is 424 g/mol. The third-order valence-electron chi connectivity index (χ3n) is 2.70. The first-order valence-corrected chi connectivity index (χ1v) is 8.07. The van der Waals surface area contributed by atoms with Crippen LogP contribution in [0.15, 0.2) is 42.4 Å². The number of aromatic nitrogens is 2. The van der Waals surface area contributed by atoms with Gasteiger partial charge in [-0.25, -0.2) is 4.79 Å². The van der Waals surface area contributed by atoms with Crippen LogP contribution in [0.4, 0.5) is 0 Å². The number of rotatable bonds is 3. The zero-order valence-corrected chi connectivity index (χ0v) is 14.2. The fourth-order valence-corrected chi connectivity index (χ4v) is 4.48. The molecule has 1 N–H and O–H groups in total. The first kappa shape index (κ1) is 14.4. The highest BCUT2D eigenvalue weighted by Crippen LogP contribution is 2.38. The summed E-state index contributed by atoms with van der Waals surface area (Å²) in [5, 5.41) is 12.8. The Labute approximate surface area is 139 Å². The number of nitrogens with zero attached hydrogens (tertiary/aromatic N) is 2. The maximum absolute atomic E-state index is 10.8. The minimum Gasteiger partial charge on any atom is -0.478 e. The highest BCUT2D eigenvalue weighted by molar-refractivity contribution is 9.12. The second-order valence-electron chi connectivity index (χ2n) is 4.04. The monoisotopic (exact) mass is 428 g/mol. The second kappa shape index (κ2) is 5.70. The fraction of sp³-hybridized carbons (Fsp3) is 0. The predicted molar refractivity (Wildman–Crippen MR) is 85.4 cm³/mol. The zero-order valence-electron chi connectivity index (χ0n) is 10.2. The summed E-state index contributed by atoms with van der Waals surface area (Å²) in [6.07, 6.45) is 0. The van der Waals surface area contributed by atoms with Crippen LogP contribution in [0.3, 0.4) is 0 Å².